The molecule has 116 valence electrons. The summed E-state index contributed by atoms with van der Waals surface area (Å²) in [5.74, 6) is 1.59. The highest BCUT2D eigenvalue weighted by Crippen LogP contribution is 2.26. The van der Waals surface area contributed by atoms with E-state index in [1.165, 1.54) is 4.88 Å². The maximum Gasteiger partial charge on any atom is 0.176 e. The summed E-state index contributed by atoms with van der Waals surface area (Å²) in [6, 6.07) is 12.1. The average molecular weight is 324 g/mol. The van der Waals surface area contributed by atoms with Crippen molar-refractivity contribution in [2.75, 3.05) is 7.11 Å². The van der Waals surface area contributed by atoms with Crippen LogP contribution in [0.5, 0.6) is 0 Å². The molecule has 0 saturated heterocycles. The predicted octanol–water partition coefficient (Wildman–Crippen LogP) is 3.88. The van der Waals surface area contributed by atoms with Crippen LogP contribution >= 0.6 is 11.3 Å². The molecule has 23 heavy (non-hydrogen) atoms. The summed E-state index contributed by atoms with van der Waals surface area (Å²) in [6.45, 7) is 0.698. The Morgan fingerprint density at radius 3 is 2.96 bits per heavy atom. The number of methoxy groups -OCH3 is 1. The largest absolute Gasteiger partial charge is 0.374 e. The van der Waals surface area contributed by atoms with Gasteiger partial charge >= 0.3 is 0 Å². The summed E-state index contributed by atoms with van der Waals surface area (Å²) in [6.07, 6.45) is 3.76. The van der Waals surface area contributed by atoms with E-state index in [0.29, 0.717) is 6.54 Å². The monoisotopic (exact) mass is 324 g/mol. The van der Waals surface area contributed by atoms with Gasteiger partial charge in [0.1, 0.15) is 6.10 Å². The molecule has 5 nitrogen and oxygen atoms in total. The third-order valence-electron chi connectivity index (χ3n) is 3.82. The maximum atomic E-state index is 5.65. The lowest BCUT2D eigenvalue weighted by Gasteiger charge is -2.15. The number of rotatable bonds is 5. The van der Waals surface area contributed by atoms with Gasteiger partial charge in [0, 0.05) is 24.4 Å². The fourth-order valence-electron chi connectivity index (χ4n) is 2.67. The van der Waals surface area contributed by atoms with Crippen LogP contribution in [0.1, 0.15) is 11.0 Å². The van der Waals surface area contributed by atoms with Crippen molar-refractivity contribution in [3.8, 4) is 11.6 Å². The third kappa shape index (κ3) is 2.67. The van der Waals surface area contributed by atoms with Crippen molar-refractivity contribution < 1.29 is 4.74 Å². The Bertz CT molecular complexity index is 877. The zero-order chi connectivity index (χ0) is 15.6. The van der Waals surface area contributed by atoms with Crippen molar-refractivity contribution in [1.82, 2.24) is 19.5 Å². The van der Waals surface area contributed by atoms with E-state index in [-0.39, 0.29) is 6.10 Å². The number of hydrogen-bond acceptors (Lipinski definition) is 4. The van der Waals surface area contributed by atoms with Crippen molar-refractivity contribution in [1.29, 1.82) is 0 Å². The first-order valence-electron chi connectivity index (χ1n) is 7.37. The van der Waals surface area contributed by atoms with Crippen LogP contribution in [0.15, 0.2) is 54.2 Å². The van der Waals surface area contributed by atoms with Crippen LogP contribution in [-0.4, -0.2) is 26.6 Å². The minimum Gasteiger partial charge on any atom is -0.374 e. The van der Waals surface area contributed by atoms with E-state index in [1.807, 2.05) is 36.5 Å². The van der Waals surface area contributed by atoms with Gasteiger partial charge in [-0.2, -0.15) is 0 Å². The van der Waals surface area contributed by atoms with Crippen molar-refractivity contribution in [2.45, 2.75) is 12.6 Å². The third-order valence-corrected chi connectivity index (χ3v) is 4.79. The summed E-state index contributed by atoms with van der Waals surface area (Å²) >= 11 is 1.70. The summed E-state index contributed by atoms with van der Waals surface area (Å²) in [5.41, 5.74) is 1.96. The number of para-hydroxylation sites is 2. The van der Waals surface area contributed by atoms with E-state index < -0.39 is 0 Å². The lowest BCUT2D eigenvalue weighted by Crippen LogP contribution is -2.10. The predicted molar refractivity (Wildman–Crippen MR) is 91.4 cm³/mol. The summed E-state index contributed by atoms with van der Waals surface area (Å²) in [7, 11) is 1.74. The topological polar surface area (TPSA) is 55.7 Å². The van der Waals surface area contributed by atoms with Gasteiger partial charge in [-0.1, -0.05) is 18.2 Å². The van der Waals surface area contributed by atoms with Gasteiger partial charge in [0.25, 0.3) is 0 Å². The lowest BCUT2D eigenvalue weighted by molar-refractivity contribution is 0.0911. The maximum absolute atomic E-state index is 5.65. The van der Waals surface area contributed by atoms with Gasteiger partial charge in [-0.05, 0) is 23.6 Å². The van der Waals surface area contributed by atoms with Crippen LogP contribution in [0.2, 0.25) is 0 Å². The molecular weight excluding hydrogens is 308 g/mol. The van der Waals surface area contributed by atoms with Crippen molar-refractivity contribution in [3.63, 3.8) is 0 Å². The fourth-order valence-corrected chi connectivity index (χ4v) is 3.46. The molecule has 0 amide bonds. The van der Waals surface area contributed by atoms with Crippen LogP contribution in [0.3, 0.4) is 0 Å². The molecule has 0 bridgehead atoms. The second kappa shape index (κ2) is 5.98. The van der Waals surface area contributed by atoms with E-state index in [9.17, 15) is 0 Å². The van der Waals surface area contributed by atoms with Crippen molar-refractivity contribution in [2.24, 2.45) is 0 Å². The number of thiophene rings is 1. The second-order valence-electron chi connectivity index (χ2n) is 5.25. The molecule has 0 spiro atoms. The van der Waals surface area contributed by atoms with Gasteiger partial charge in [0.2, 0.25) is 0 Å². The van der Waals surface area contributed by atoms with Gasteiger partial charge in [-0.15, -0.1) is 11.3 Å². The molecule has 1 N–H and O–H groups in total. The Hall–Kier alpha value is -2.44. The fraction of sp³-hybridized carbons (Fsp3) is 0.176. The van der Waals surface area contributed by atoms with Gasteiger partial charge < -0.3 is 14.3 Å². The van der Waals surface area contributed by atoms with Crippen LogP contribution < -0.4 is 0 Å². The zero-order valence-electron chi connectivity index (χ0n) is 12.6. The number of aromatic nitrogens is 4. The molecule has 1 atom stereocenters. The van der Waals surface area contributed by atoms with E-state index in [1.54, 1.807) is 24.6 Å². The molecule has 0 aliphatic heterocycles. The highest BCUT2D eigenvalue weighted by atomic mass is 32.1. The molecule has 3 heterocycles. The minimum atomic E-state index is 0.00679. The Labute approximate surface area is 137 Å². The summed E-state index contributed by atoms with van der Waals surface area (Å²) < 4.78 is 7.72. The number of benzene rings is 1. The normalized spacial score (nSPS) is 12.7. The van der Waals surface area contributed by atoms with Gasteiger partial charge in [0.15, 0.2) is 11.6 Å². The van der Waals surface area contributed by atoms with Gasteiger partial charge in [0.05, 0.1) is 17.6 Å². The number of imidazole rings is 2. The minimum absolute atomic E-state index is 0.00679. The quantitative estimate of drug-likeness (QED) is 0.606. The highest BCUT2D eigenvalue weighted by molar-refractivity contribution is 7.10. The standard InChI is InChI=1S/C17H16N4OS/c1-22-14(15-7-4-10-23-15)11-21-9-8-18-17(21)16-19-12-5-2-3-6-13(12)20-16/h2-10,14H,11H2,1H3,(H,19,20)/t14-/m1/s1. The van der Waals surface area contributed by atoms with E-state index in [4.69, 9.17) is 4.74 Å². The van der Waals surface area contributed by atoms with Crippen molar-refractivity contribution >= 4 is 22.4 Å². The van der Waals surface area contributed by atoms with Crippen LogP contribution in [0, 0.1) is 0 Å². The first-order valence-corrected chi connectivity index (χ1v) is 8.25. The van der Waals surface area contributed by atoms with Gasteiger partial charge in [-0.25, -0.2) is 9.97 Å². The first-order chi connectivity index (χ1) is 11.3. The Kier molecular flexibility index (Phi) is 3.69. The van der Waals surface area contributed by atoms with E-state index in [0.717, 1.165) is 22.7 Å². The van der Waals surface area contributed by atoms with Crippen LogP contribution in [-0.2, 0) is 11.3 Å². The molecule has 0 aliphatic carbocycles. The number of nitrogens with zero attached hydrogens (tertiary/aromatic N) is 3. The Morgan fingerprint density at radius 2 is 2.17 bits per heavy atom. The number of aromatic amines is 1. The molecule has 3 aromatic heterocycles. The van der Waals surface area contributed by atoms with Gasteiger partial charge in [-0.3, -0.25) is 0 Å². The molecule has 0 aliphatic rings. The summed E-state index contributed by atoms with van der Waals surface area (Å²) in [5, 5.41) is 2.06. The molecule has 4 aromatic rings. The molecule has 0 radical (unpaired) electrons. The number of hydrogen-bond donors (Lipinski definition) is 1. The Balaban J connectivity index is 1.68. The second-order valence-corrected chi connectivity index (χ2v) is 6.22. The molecule has 6 heteroatoms. The molecule has 0 fully saturated rings. The highest BCUT2D eigenvalue weighted by Gasteiger charge is 2.17. The Morgan fingerprint density at radius 1 is 1.26 bits per heavy atom. The number of H-pyrrole nitrogens is 1. The number of ether oxygens (including phenoxy) is 1. The SMILES string of the molecule is CO[C@H](Cn1ccnc1-c1nc2ccccc2[nH]1)c1cccs1. The number of fused-ring (bicyclic) bond motifs is 1. The number of nitrogens with one attached hydrogen (secondary N) is 1. The lowest BCUT2D eigenvalue weighted by atomic mass is 10.3. The zero-order valence-corrected chi connectivity index (χ0v) is 13.5. The van der Waals surface area contributed by atoms with Crippen molar-refractivity contribution in [3.05, 3.63) is 59.0 Å². The first kappa shape index (κ1) is 14.2. The molecular formula is C17H16N4OS. The summed E-state index contributed by atoms with van der Waals surface area (Å²) in [4.78, 5) is 13.6. The van der Waals surface area contributed by atoms with Crippen LogP contribution in [0.25, 0.3) is 22.7 Å². The molecule has 0 saturated carbocycles. The smallest absolute Gasteiger partial charge is 0.176 e. The molecule has 0 unspecified atom stereocenters. The van der Waals surface area contributed by atoms with Crippen LogP contribution in [0.4, 0.5) is 0 Å². The van der Waals surface area contributed by atoms with E-state index in [2.05, 4.69) is 31.0 Å². The molecule has 1 aromatic carbocycles. The van der Waals surface area contributed by atoms with E-state index >= 15 is 0 Å². The molecule has 4 rings (SSSR count). The average Bonchev–Trinajstić information content (AvgIpc) is 3.30.